The van der Waals surface area contributed by atoms with Gasteiger partial charge in [0, 0.05) is 6.20 Å². The van der Waals surface area contributed by atoms with E-state index in [0.29, 0.717) is 5.69 Å². The fraction of sp³-hybridized carbons (Fsp3) is 0. The zero-order valence-corrected chi connectivity index (χ0v) is 9.91. The summed E-state index contributed by atoms with van der Waals surface area (Å²) in [6, 6.07) is 6.91. The number of hydrogen-bond donors (Lipinski definition) is 2. The van der Waals surface area contributed by atoms with Crippen LogP contribution in [0.5, 0.6) is 0 Å². The van der Waals surface area contributed by atoms with Crippen LogP contribution in [0.3, 0.4) is 0 Å². The number of carbonyl (C=O) groups excluding carboxylic acids is 1. The molecule has 0 atom stereocenters. The van der Waals surface area contributed by atoms with Crippen molar-refractivity contribution >= 4 is 29.0 Å². The maximum absolute atomic E-state index is 13.4. The standard InChI is InChI=1S/C12H9ClFN3O/c13-9-4-1-5-10(14)11(9)17-12(18)16-8-3-2-6-15-7-8/h1-7H,(H2,16,17,18). The van der Waals surface area contributed by atoms with Gasteiger partial charge in [0.15, 0.2) is 0 Å². The molecule has 92 valence electrons. The van der Waals surface area contributed by atoms with Crippen LogP contribution in [0.4, 0.5) is 20.6 Å². The Morgan fingerprint density at radius 2 is 2.06 bits per heavy atom. The molecule has 0 spiro atoms. The van der Waals surface area contributed by atoms with Crippen LogP contribution in [0.2, 0.25) is 5.02 Å². The quantitative estimate of drug-likeness (QED) is 0.873. The first-order valence-corrected chi connectivity index (χ1v) is 5.46. The van der Waals surface area contributed by atoms with Crippen LogP contribution in [0.1, 0.15) is 0 Å². The summed E-state index contributed by atoms with van der Waals surface area (Å²) in [6.07, 6.45) is 3.05. The second-order valence-electron chi connectivity index (χ2n) is 3.42. The van der Waals surface area contributed by atoms with Crippen LogP contribution in [-0.4, -0.2) is 11.0 Å². The molecule has 0 aliphatic rings. The number of nitrogens with one attached hydrogen (secondary N) is 2. The lowest BCUT2D eigenvalue weighted by molar-refractivity contribution is 0.262. The maximum atomic E-state index is 13.4. The Morgan fingerprint density at radius 3 is 2.72 bits per heavy atom. The SMILES string of the molecule is O=C(Nc1cccnc1)Nc1c(F)cccc1Cl. The van der Waals surface area contributed by atoms with Gasteiger partial charge in [0.25, 0.3) is 0 Å². The van der Waals surface area contributed by atoms with Gasteiger partial charge in [-0.25, -0.2) is 9.18 Å². The summed E-state index contributed by atoms with van der Waals surface area (Å²) in [5.74, 6) is -0.594. The molecule has 0 bridgehead atoms. The average molecular weight is 266 g/mol. The number of amides is 2. The minimum Gasteiger partial charge on any atom is -0.306 e. The number of halogens is 2. The Labute approximate surface area is 108 Å². The molecule has 0 saturated heterocycles. The Bertz CT molecular complexity index is 542. The fourth-order valence-corrected chi connectivity index (χ4v) is 1.54. The third kappa shape index (κ3) is 2.95. The number of benzene rings is 1. The van der Waals surface area contributed by atoms with Crippen molar-refractivity contribution in [3.8, 4) is 0 Å². The molecule has 4 nitrogen and oxygen atoms in total. The second-order valence-corrected chi connectivity index (χ2v) is 3.82. The van der Waals surface area contributed by atoms with Crippen molar-refractivity contribution in [1.82, 2.24) is 4.98 Å². The lowest BCUT2D eigenvalue weighted by atomic mass is 10.3. The third-order valence-corrected chi connectivity index (χ3v) is 2.44. The molecule has 0 fully saturated rings. The number of anilines is 2. The van der Waals surface area contributed by atoms with Gasteiger partial charge < -0.3 is 10.6 Å². The van der Waals surface area contributed by atoms with Crippen LogP contribution in [0.15, 0.2) is 42.7 Å². The van der Waals surface area contributed by atoms with Crippen LogP contribution < -0.4 is 10.6 Å². The first-order valence-electron chi connectivity index (χ1n) is 5.09. The zero-order valence-electron chi connectivity index (χ0n) is 9.15. The second kappa shape index (κ2) is 5.46. The predicted octanol–water partition coefficient (Wildman–Crippen LogP) is 3.52. The molecule has 1 aromatic carbocycles. The van der Waals surface area contributed by atoms with Gasteiger partial charge in [0.1, 0.15) is 5.82 Å². The van der Waals surface area contributed by atoms with Crippen LogP contribution in [-0.2, 0) is 0 Å². The number of nitrogens with zero attached hydrogens (tertiary/aromatic N) is 1. The lowest BCUT2D eigenvalue weighted by Crippen LogP contribution is -2.20. The van der Waals surface area contributed by atoms with Crippen molar-refractivity contribution in [2.45, 2.75) is 0 Å². The summed E-state index contributed by atoms with van der Waals surface area (Å²) in [4.78, 5) is 15.4. The van der Waals surface area contributed by atoms with Gasteiger partial charge in [-0.15, -0.1) is 0 Å². The number of carbonyl (C=O) groups is 1. The molecule has 0 aliphatic carbocycles. The topological polar surface area (TPSA) is 54.0 Å². The predicted molar refractivity (Wildman–Crippen MR) is 68.3 cm³/mol. The number of rotatable bonds is 2. The molecule has 6 heteroatoms. The molecule has 0 unspecified atom stereocenters. The molecule has 0 radical (unpaired) electrons. The van der Waals surface area contributed by atoms with Gasteiger partial charge in [-0.1, -0.05) is 17.7 Å². The largest absolute Gasteiger partial charge is 0.323 e. The molecule has 1 aromatic heterocycles. The smallest absolute Gasteiger partial charge is 0.306 e. The Hall–Kier alpha value is -2.14. The van der Waals surface area contributed by atoms with E-state index in [1.807, 2.05) is 0 Å². The van der Waals surface area contributed by atoms with Gasteiger partial charge in [-0.05, 0) is 24.3 Å². The molecule has 2 N–H and O–H groups in total. The van der Waals surface area contributed by atoms with E-state index >= 15 is 0 Å². The molecular formula is C12H9ClFN3O. The van der Waals surface area contributed by atoms with Crippen molar-refractivity contribution < 1.29 is 9.18 Å². The van der Waals surface area contributed by atoms with Crippen molar-refractivity contribution in [2.75, 3.05) is 10.6 Å². The highest BCUT2D eigenvalue weighted by Crippen LogP contribution is 2.24. The minimum absolute atomic E-state index is 0.0550. The molecule has 0 aliphatic heterocycles. The summed E-state index contributed by atoms with van der Waals surface area (Å²) >= 11 is 5.78. The summed E-state index contributed by atoms with van der Waals surface area (Å²) in [5.41, 5.74) is 0.447. The van der Waals surface area contributed by atoms with E-state index in [-0.39, 0.29) is 10.7 Å². The van der Waals surface area contributed by atoms with Gasteiger partial charge in [-0.3, -0.25) is 4.98 Å². The van der Waals surface area contributed by atoms with Crippen molar-refractivity contribution in [1.29, 1.82) is 0 Å². The minimum atomic E-state index is -0.594. The normalized spacial score (nSPS) is 9.89. The maximum Gasteiger partial charge on any atom is 0.323 e. The van der Waals surface area contributed by atoms with Crippen LogP contribution >= 0.6 is 11.6 Å². The number of hydrogen-bond acceptors (Lipinski definition) is 2. The van der Waals surface area contributed by atoms with E-state index < -0.39 is 11.8 Å². The molecule has 0 saturated carbocycles. The average Bonchev–Trinajstić information content (AvgIpc) is 2.35. The zero-order chi connectivity index (χ0) is 13.0. The fourth-order valence-electron chi connectivity index (χ4n) is 1.33. The van der Waals surface area contributed by atoms with Crippen LogP contribution in [0, 0.1) is 5.82 Å². The van der Waals surface area contributed by atoms with E-state index in [4.69, 9.17) is 11.6 Å². The summed E-state index contributed by atoms with van der Waals surface area (Å²) in [6.45, 7) is 0. The summed E-state index contributed by atoms with van der Waals surface area (Å²) in [7, 11) is 0. The third-order valence-electron chi connectivity index (χ3n) is 2.12. The molecule has 1 heterocycles. The molecule has 2 amide bonds. The monoisotopic (exact) mass is 265 g/mol. The van der Waals surface area contributed by atoms with Gasteiger partial charge in [-0.2, -0.15) is 0 Å². The number of para-hydroxylation sites is 1. The molecule has 2 rings (SSSR count). The van der Waals surface area contributed by atoms with Crippen LogP contribution in [0.25, 0.3) is 0 Å². The summed E-state index contributed by atoms with van der Waals surface area (Å²) in [5, 5.41) is 4.98. The first-order chi connectivity index (χ1) is 8.66. The molecule has 2 aromatic rings. The van der Waals surface area contributed by atoms with Crippen molar-refractivity contribution in [2.24, 2.45) is 0 Å². The highest BCUT2D eigenvalue weighted by Gasteiger charge is 2.10. The highest BCUT2D eigenvalue weighted by molar-refractivity contribution is 6.33. The number of aromatic nitrogens is 1. The van der Waals surface area contributed by atoms with E-state index in [2.05, 4.69) is 15.6 Å². The van der Waals surface area contributed by atoms with E-state index in [0.717, 1.165) is 0 Å². The van der Waals surface area contributed by atoms with Gasteiger partial charge >= 0.3 is 6.03 Å². The lowest BCUT2D eigenvalue weighted by Gasteiger charge is -2.09. The highest BCUT2D eigenvalue weighted by atomic mass is 35.5. The van der Waals surface area contributed by atoms with Crippen molar-refractivity contribution in [3.63, 3.8) is 0 Å². The molecule has 18 heavy (non-hydrogen) atoms. The number of urea groups is 1. The first kappa shape index (κ1) is 12.3. The summed E-state index contributed by atoms with van der Waals surface area (Å²) < 4.78 is 13.4. The van der Waals surface area contributed by atoms with Gasteiger partial charge in [0.05, 0.1) is 22.6 Å². The van der Waals surface area contributed by atoms with E-state index in [9.17, 15) is 9.18 Å². The Balaban J connectivity index is 2.08. The van der Waals surface area contributed by atoms with E-state index in [1.165, 1.54) is 24.4 Å². The van der Waals surface area contributed by atoms with Gasteiger partial charge in [0.2, 0.25) is 0 Å². The van der Waals surface area contributed by atoms with E-state index in [1.54, 1.807) is 18.3 Å². The van der Waals surface area contributed by atoms with Crippen molar-refractivity contribution in [3.05, 3.63) is 53.6 Å². The molecular weight excluding hydrogens is 257 g/mol. The number of pyridine rings is 1. The Morgan fingerprint density at radius 1 is 1.22 bits per heavy atom. The Kier molecular flexibility index (Phi) is 3.74.